The second-order valence-electron chi connectivity index (χ2n) is 6.04. The fraction of sp³-hybridized carbons (Fsp3) is 0.533. The van der Waals surface area contributed by atoms with Gasteiger partial charge in [-0.3, -0.25) is 0 Å². The van der Waals surface area contributed by atoms with E-state index in [4.69, 9.17) is 15.7 Å². The van der Waals surface area contributed by atoms with Gasteiger partial charge in [-0.25, -0.2) is 9.78 Å². The van der Waals surface area contributed by atoms with Gasteiger partial charge in [0.1, 0.15) is 23.6 Å². The molecule has 0 saturated heterocycles. The molecule has 0 aliphatic heterocycles. The van der Waals surface area contributed by atoms with E-state index in [0.717, 1.165) is 0 Å². The number of ether oxygens (including phenoxy) is 1. The zero-order chi connectivity index (χ0) is 17.6. The van der Waals surface area contributed by atoms with Crippen LogP contribution in [0.5, 0.6) is 0 Å². The molecular weight excluding hydrogens is 300 g/mol. The number of anilines is 1. The molecule has 1 aromatic rings. The summed E-state index contributed by atoms with van der Waals surface area (Å²) < 4.78 is 5.05. The quantitative estimate of drug-likeness (QED) is 0.629. The Morgan fingerprint density at radius 3 is 2.74 bits per heavy atom. The fourth-order valence-corrected chi connectivity index (χ4v) is 1.76. The number of carbonyl (C=O) groups is 1. The maximum atomic E-state index is 11.5. The number of hydrogen-bond donors (Lipinski definition) is 4. The van der Waals surface area contributed by atoms with E-state index < -0.39 is 23.9 Å². The number of aromatic nitrogens is 1. The SMILES string of the molecule is CC(C)(C)OC(=O)NCCC(O)C(O)c1cnc(N)c(C#N)c1. The number of nitrogen functional groups attached to an aromatic ring is 1. The van der Waals surface area contributed by atoms with Crippen molar-refractivity contribution >= 4 is 11.9 Å². The topological polar surface area (TPSA) is 141 Å². The summed E-state index contributed by atoms with van der Waals surface area (Å²) >= 11 is 0. The minimum Gasteiger partial charge on any atom is -0.444 e. The highest BCUT2D eigenvalue weighted by atomic mass is 16.6. The van der Waals surface area contributed by atoms with E-state index in [9.17, 15) is 15.0 Å². The molecule has 126 valence electrons. The molecule has 8 heteroatoms. The number of nitrogens with zero attached hydrogens (tertiary/aromatic N) is 2. The molecule has 2 unspecified atom stereocenters. The van der Waals surface area contributed by atoms with Gasteiger partial charge in [0, 0.05) is 18.3 Å². The Balaban J connectivity index is 2.53. The summed E-state index contributed by atoms with van der Waals surface area (Å²) in [6.45, 7) is 5.35. The van der Waals surface area contributed by atoms with Crippen molar-refractivity contribution in [3.8, 4) is 6.07 Å². The number of nitrogens with one attached hydrogen (secondary N) is 1. The highest BCUT2D eigenvalue weighted by Gasteiger charge is 2.21. The number of carbonyl (C=O) groups excluding carboxylic acids is 1. The summed E-state index contributed by atoms with van der Waals surface area (Å²) in [5.41, 5.74) is 5.30. The summed E-state index contributed by atoms with van der Waals surface area (Å²) in [7, 11) is 0. The number of aliphatic hydroxyl groups is 2. The van der Waals surface area contributed by atoms with Crippen molar-refractivity contribution in [3.63, 3.8) is 0 Å². The summed E-state index contributed by atoms with van der Waals surface area (Å²) in [6.07, 6.45) is -1.57. The maximum absolute atomic E-state index is 11.5. The lowest BCUT2D eigenvalue weighted by atomic mass is 10.0. The number of hydrogen-bond acceptors (Lipinski definition) is 7. The van der Waals surface area contributed by atoms with Crippen LogP contribution in [-0.4, -0.2) is 39.5 Å². The predicted octanol–water partition coefficient (Wildman–Crippen LogP) is 0.845. The molecule has 1 aromatic heterocycles. The molecule has 0 bridgehead atoms. The van der Waals surface area contributed by atoms with Crippen LogP contribution in [0.3, 0.4) is 0 Å². The van der Waals surface area contributed by atoms with Gasteiger partial charge in [0.15, 0.2) is 0 Å². The van der Waals surface area contributed by atoms with Crippen molar-refractivity contribution in [1.29, 1.82) is 5.26 Å². The van der Waals surface area contributed by atoms with E-state index in [1.165, 1.54) is 12.3 Å². The lowest BCUT2D eigenvalue weighted by Crippen LogP contribution is -2.34. The zero-order valence-electron chi connectivity index (χ0n) is 13.4. The minimum atomic E-state index is -1.24. The Bertz CT molecular complexity index is 592. The largest absolute Gasteiger partial charge is 0.444 e. The third-order valence-corrected chi connectivity index (χ3v) is 2.87. The molecule has 23 heavy (non-hydrogen) atoms. The minimum absolute atomic E-state index is 0.0598. The monoisotopic (exact) mass is 322 g/mol. The van der Waals surface area contributed by atoms with Gasteiger partial charge < -0.3 is 26.0 Å². The van der Waals surface area contributed by atoms with Crippen LogP contribution in [0.4, 0.5) is 10.6 Å². The Hall–Kier alpha value is -2.37. The van der Waals surface area contributed by atoms with Crippen LogP contribution in [0.15, 0.2) is 12.3 Å². The maximum Gasteiger partial charge on any atom is 0.407 e. The number of amides is 1. The van der Waals surface area contributed by atoms with E-state index >= 15 is 0 Å². The van der Waals surface area contributed by atoms with Gasteiger partial charge in [0.05, 0.1) is 11.7 Å². The second kappa shape index (κ2) is 7.76. The van der Waals surface area contributed by atoms with E-state index in [1.54, 1.807) is 20.8 Å². The molecule has 0 aliphatic carbocycles. The molecule has 1 amide bonds. The van der Waals surface area contributed by atoms with Gasteiger partial charge >= 0.3 is 6.09 Å². The van der Waals surface area contributed by atoms with Crippen LogP contribution < -0.4 is 11.1 Å². The number of aliphatic hydroxyl groups excluding tert-OH is 2. The third-order valence-electron chi connectivity index (χ3n) is 2.87. The Kier molecular flexibility index (Phi) is 6.30. The lowest BCUT2D eigenvalue weighted by Gasteiger charge is -2.21. The van der Waals surface area contributed by atoms with Crippen molar-refractivity contribution in [1.82, 2.24) is 10.3 Å². The Morgan fingerprint density at radius 1 is 1.52 bits per heavy atom. The van der Waals surface area contributed by atoms with Crippen molar-refractivity contribution in [2.75, 3.05) is 12.3 Å². The molecule has 1 heterocycles. The number of nitrogens with two attached hydrogens (primary N) is 1. The van der Waals surface area contributed by atoms with E-state index in [1.807, 2.05) is 6.07 Å². The normalized spacial score (nSPS) is 13.7. The average Bonchev–Trinajstić information content (AvgIpc) is 2.45. The number of rotatable bonds is 5. The van der Waals surface area contributed by atoms with Crippen LogP contribution in [-0.2, 0) is 4.74 Å². The molecule has 0 aliphatic rings. The van der Waals surface area contributed by atoms with Gasteiger partial charge in [-0.2, -0.15) is 5.26 Å². The van der Waals surface area contributed by atoms with Crippen molar-refractivity contribution in [2.24, 2.45) is 0 Å². The molecule has 8 nitrogen and oxygen atoms in total. The fourth-order valence-electron chi connectivity index (χ4n) is 1.76. The van der Waals surface area contributed by atoms with Gasteiger partial charge in [-0.1, -0.05) is 0 Å². The van der Waals surface area contributed by atoms with Crippen LogP contribution >= 0.6 is 0 Å². The van der Waals surface area contributed by atoms with Crippen LogP contribution in [0.2, 0.25) is 0 Å². The molecule has 0 spiro atoms. The molecular formula is C15H22N4O4. The Labute approximate surface area is 134 Å². The van der Waals surface area contributed by atoms with E-state index in [2.05, 4.69) is 10.3 Å². The first-order chi connectivity index (χ1) is 10.6. The van der Waals surface area contributed by atoms with E-state index in [-0.39, 0.29) is 29.9 Å². The first kappa shape index (κ1) is 18.7. The van der Waals surface area contributed by atoms with Gasteiger partial charge in [0.2, 0.25) is 0 Å². The van der Waals surface area contributed by atoms with Crippen molar-refractivity contribution in [3.05, 3.63) is 23.4 Å². The van der Waals surface area contributed by atoms with E-state index in [0.29, 0.717) is 0 Å². The molecule has 0 radical (unpaired) electrons. The zero-order valence-corrected chi connectivity index (χ0v) is 13.4. The first-order valence-corrected chi connectivity index (χ1v) is 7.12. The molecule has 0 aromatic carbocycles. The van der Waals surface area contributed by atoms with Crippen LogP contribution in [0.25, 0.3) is 0 Å². The first-order valence-electron chi connectivity index (χ1n) is 7.12. The van der Waals surface area contributed by atoms with Crippen LogP contribution in [0.1, 0.15) is 44.4 Å². The summed E-state index contributed by atoms with van der Waals surface area (Å²) in [4.78, 5) is 15.3. The summed E-state index contributed by atoms with van der Waals surface area (Å²) in [6, 6.07) is 3.23. The Morgan fingerprint density at radius 2 is 2.17 bits per heavy atom. The molecule has 0 fully saturated rings. The third kappa shape index (κ3) is 6.10. The molecule has 0 saturated carbocycles. The van der Waals surface area contributed by atoms with Crippen LogP contribution in [0, 0.1) is 11.3 Å². The highest BCUT2D eigenvalue weighted by Crippen LogP contribution is 2.21. The summed E-state index contributed by atoms with van der Waals surface area (Å²) in [5.74, 6) is 0.0598. The molecule has 5 N–H and O–H groups in total. The van der Waals surface area contributed by atoms with Gasteiger partial charge in [-0.05, 0) is 33.3 Å². The number of pyridine rings is 1. The number of nitriles is 1. The van der Waals surface area contributed by atoms with Gasteiger partial charge in [0.25, 0.3) is 0 Å². The molecule has 1 rings (SSSR count). The second-order valence-corrected chi connectivity index (χ2v) is 6.04. The van der Waals surface area contributed by atoms with Gasteiger partial charge in [-0.15, -0.1) is 0 Å². The van der Waals surface area contributed by atoms with Crippen molar-refractivity contribution in [2.45, 2.75) is 45.0 Å². The molecule has 2 atom stereocenters. The summed E-state index contributed by atoms with van der Waals surface area (Å²) in [5, 5.41) is 31.4. The predicted molar refractivity (Wildman–Crippen MR) is 83.2 cm³/mol. The van der Waals surface area contributed by atoms with Crippen molar-refractivity contribution < 1.29 is 19.7 Å². The smallest absolute Gasteiger partial charge is 0.407 e. The number of alkyl carbamates (subject to hydrolysis) is 1. The standard InChI is InChI=1S/C15H22N4O4/c1-15(2,3)23-14(22)18-5-4-11(20)12(21)10-6-9(7-16)13(17)19-8-10/h6,8,11-12,20-21H,4-5H2,1-3H3,(H2,17,19)(H,18,22). The lowest BCUT2D eigenvalue weighted by molar-refractivity contribution is 0.0121. The highest BCUT2D eigenvalue weighted by molar-refractivity contribution is 5.67. The average molecular weight is 322 g/mol.